The van der Waals surface area contributed by atoms with Crippen molar-refractivity contribution in [3.8, 4) is 5.75 Å². The van der Waals surface area contributed by atoms with Gasteiger partial charge in [0.15, 0.2) is 9.84 Å². The Bertz CT molecular complexity index is 617. The van der Waals surface area contributed by atoms with Crippen molar-refractivity contribution in [2.24, 2.45) is 0 Å². The third kappa shape index (κ3) is 3.25. The molecule has 2 fully saturated rings. The zero-order valence-electron chi connectivity index (χ0n) is 13.4. The van der Waals surface area contributed by atoms with Crippen molar-refractivity contribution in [3.63, 3.8) is 0 Å². The Hall–Kier alpha value is -1.11. The van der Waals surface area contributed by atoms with Crippen LogP contribution in [-0.4, -0.2) is 44.3 Å². The third-order valence-corrected chi connectivity index (χ3v) is 7.72. The molecule has 0 amide bonds. The highest BCUT2D eigenvalue weighted by atomic mass is 32.2. The number of hydrogen-bond donors (Lipinski definition) is 1. The van der Waals surface area contributed by atoms with Crippen molar-refractivity contribution in [1.82, 2.24) is 0 Å². The summed E-state index contributed by atoms with van der Waals surface area (Å²) in [5.74, 6) is 0.720. The van der Waals surface area contributed by atoms with Crippen LogP contribution in [0.1, 0.15) is 37.7 Å². The minimum absolute atomic E-state index is 0.301. The van der Waals surface area contributed by atoms with Crippen LogP contribution in [0.4, 0.5) is 0 Å². The van der Waals surface area contributed by atoms with Crippen LogP contribution in [0.5, 0.6) is 5.75 Å². The van der Waals surface area contributed by atoms with Gasteiger partial charge in [-0.3, -0.25) is 0 Å². The average molecular weight is 340 g/mol. The normalized spacial score (nSPS) is 32.4. The fraction of sp³-hybridized carbons (Fsp3) is 0.647. The fourth-order valence-corrected chi connectivity index (χ4v) is 6.34. The quantitative estimate of drug-likeness (QED) is 0.830. The number of hydrogen-bond acceptors (Lipinski definition) is 5. The van der Waals surface area contributed by atoms with E-state index in [0.29, 0.717) is 38.9 Å². The third-order valence-electron chi connectivity index (χ3n) is 5.06. The number of aliphatic hydroxyl groups is 1. The number of benzene rings is 1. The molecule has 0 aliphatic carbocycles. The number of methoxy groups -OCH3 is 1. The first-order valence-electron chi connectivity index (χ1n) is 8.13. The van der Waals surface area contributed by atoms with E-state index in [1.165, 1.54) is 0 Å². The Balaban J connectivity index is 1.76. The number of rotatable bonds is 5. The first-order valence-corrected chi connectivity index (χ1v) is 9.74. The SMILES string of the molecule is COCCOc1ccc(C2(O)CC3CCCC(C2)S3(=O)=O)cc1. The summed E-state index contributed by atoms with van der Waals surface area (Å²) >= 11 is 0. The van der Waals surface area contributed by atoms with Gasteiger partial charge in [-0.1, -0.05) is 18.6 Å². The van der Waals surface area contributed by atoms with Gasteiger partial charge in [0.1, 0.15) is 12.4 Å². The van der Waals surface area contributed by atoms with Crippen molar-refractivity contribution in [3.05, 3.63) is 29.8 Å². The molecule has 128 valence electrons. The molecule has 2 heterocycles. The average Bonchev–Trinajstić information content (AvgIpc) is 2.50. The largest absolute Gasteiger partial charge is 0.491 e. The fourth-order valence-electron chi connectivity index (χ4n) is 3.79. The summed E-state index contributed by atoms with van der Waals surface area (Å²) in [6.07, 6.45) is 2.88. The summed E-state index contributed by atoms with van der Waals surface area (Å²) in [6, 6.07) is 7.33. The second kappa shape index (κ2) is 6.42. The molecule has 2 saturated heterocycles. The predicted molar refractivity (Wildman–Crippen MR) is 87.3 cm³/mol. The van der Waals surface area contributed by atoms with Gasteiger partial charge in [0.2, 0.25) is 0 Å². The summed E-state index contributed by atoms with van der Waals surface area (Å²) in [6.45, 7) is 0.995. The lowest BCUT2D eigenvalue weighted by Crippen LogP contribution is -2.50. The van der Waals surface area contributed by atoms with E-state index >= 15 is 0 Å². The Morgan fingerprint density at radius 2 is 1.74 bits per heavy atom. The van der Waals surface area contributed by atoms with Gasteiger partial charge in [-0.25, -0.2) is 8.42 Å². The monoisotopic (exact) mass is 340 g/mol. The second-order valence-electron chi connectivity index (χ2n) is 6.57. The molecule has 2 bridgehead atoms. The molecule has 5 nitrogen and oxygen atoms in total. The van der Waals surface area contributed by atoms with Gasteiger partial charge in [-0.15, -0.1) is 0 Å². The molecule has 0 spiro atoms. The molecule has 2 aliphatic heterocycles. The molecule has 1 aromatic carbocycles. The molecular weight excluding hydrogens is 316 g/mol. The van der Waals surface area contributed by atoms with E-state index in [1.54, 1.807) is 7.11 Å². The zero-order valence-corrected chi connectivity index (χ0v) is 14.2. The Morgan fingerprint density at radius 1 is 1.13 bits per heavy atom. The summed E-state index contributed by atoms with van der Waals surface area (Å²) in [4.78, 5) is 0. The maximum Gasteiger partial charge on any atom is 0.156 e. The van der Waals surface area contributed by atoms with E-state index in [0.717, 1.165) is 17.7 Å². The first-order chi connectivity index (χ1) is 11.0. The number of sulfone groups is 1. The Kier molecular flexibility index (Phi) is 4.67. The van der Waals surface area contributed by atoms with Gasteiger partial charge in [0.05, 0.1) is 22.7 Å². The molecular formula is C17H24O5S. The van der Waals surface area contributed by atoms with E-state index in [-0.39, 0.29) is 0 Å². The number of ether oxygens (including phenoxy) is 2. The summed E-state index contributed by atoms with van der Waals surface area (Å²) < 4.78 is 35.2. The van der Waals surface area contributed by atoms with Crippen molar-refractivity contribution in [2.75, 3.05) is 20.3 Å². The van der Waals surface area contributed by atoms with E-state index in [9.17, 15) is 13.5 Å². The Morgan fingerprint density at radius 3 is 2.30 bits per heavy atom. The van der Waals surface area contributed by atoms with Crippen molar-refractivity contribution in [1.29, 1.82) is 0 Å². The van der Waals surface area contributed by atoms with Gasteiger partial charge in [-0.2, -0.15) is 0 Å². The van der Waals surface area contributed by atoms with Gasteiger partial charge in [0, 0.05) is 7.11 Å². The molecule has 2 aliphatic rings. The molecule has 3 rings (SSSR count). The number of fused-ring (bicyclic) bond motifs is 2. The lowest BCUT2D eigenvalue weighted by molar-refractivity contribution is 0.00496. The molecule has 2 atom stereocenters. The summed E-state index contributed by atoms with van der Waals surface area (Å²) in [5.41, 5.74) is -0.269. The molecule has 6 heteroatoms. The topological polar surface area (TPSA) is 72.8 Å². The lowest BCUT2D eigenvalue weighted by atomic mass is 9.80. The van der Waals surface area contributed by atoms with Crippen molar-refractivity contribution < 1.29 is 23.0 Å². The molecule has 1 aromatic rings. The van der Waals surface area contributed by atoms with Crippen LogP contribution in [0, 0.1) is 0 Å². The van der Waals surface area contributed by atoms with Crippen LogP contribution in [-0.2, 0) is 20.2 Å². The maximum atomic E-state index is 12.4. The lowest BCUT2D eigenvalue weighted by Gasteiger charge is -2.44. The highest BCUT2D eigenvalue weighted by Crippen LogP contribution is 2.46. The minimum Gasteiger partial charge on any atom is -0.491 e. The van der Waals surface area contributed by atoms with E-state index in [4.69, 9.17) is 9.47 Å². The molecule has 2 unspecified atom stereocenters. The smallest absolute Gasteiger partial charge is 0.156 e. The van der Waals surface area contributed by atoms with Crippen LogP contribution in [0.15, 0.2) is 24.3 Å². The predicted octanol–water partition coefficient (Wildman–Crippen LogP) is 2.03. The second-order valence-corrected chi connectivity index (χ2v) is 9.08. The molecule has 0 radical (unpaired) electrons. The van der Waals surface area contributed by atoms with Crippen LogP contribution in [0.25, 0.3) is 0 Å². The van der Waals surface area contributed by atoms with Crippen LogP contribution in [0.3, 0.4) is 0 Å². The molecule has 1 N–H and O–H groups in total. The van der Waals surface area contributed by atoms with Crippen LogP contribution in [0.2, 0.25) is 0 Å². The molecule has 0 aromatic heterocycles. The highest BCUT2D eigenvalue weighted by molar-refractivity contribution is 7.92. The molecule has 23 heavy (non-hydrogen) atoms. The highest BCUT2D eigenvalue weighted by Gasteiger charge is 2.50. The maximum absolute atomic E-state index is 12.4. The van der Waals surface area contributed by atoms with E-state index in [1.807, 2.05) is 24.3 Å². The van der Waals surface area contributed by atoms with Crippen molar-refractivity contribution in [2.45, 2.75) is 48.2 Å². The zero-order chi connectivity index (χ0) is 16.5. The van der Waals surface area contributed by atoms with Gasteiger partial charge < -0.3 is 14.6 Å². The van der Waals surface area contributed by atoms with Gasteiger partial charge in [0.25, 0.3) is 0 Å². The molecule has 0 saturated carbocycles. The summed E-state index contributed by atoms with van der Waals surface area (Å²) in [7, 11) is -1.45. The van der Waals surface area contributed by atoms with E-state index < -0.39 is 25.9 Å². The minimum atomic E-state index is -3.07. The standard InChI is InChI=1S/C17H24O5S/c1-21-9-10-22-14-7-5-13(6-8-14)17(18)11-15-3-2-4-16(12-17)23(15,19)20/h5-8,15-16,18H,2-4,9-12H2,1H3. The van der Waals surface area contributed by atoms with Gasteiger partial charge >= 0.3 is 0 Å². The van der Waals surface area contributed by atoms with Crippen molar-refractivity contribution >= 4 is 9.84 Å². The van der Waals surface area contributed by atoms with Crippen LogP contribution >= 0.6 is 0 Å². The summed E-state index contributed by atoms with van der Waals surface area (Å²) in [5, 5.41) is 10.3. The Labute approximate surface area is 137 Å². The first kappa shape index (κ1) is 16.7. The van der Waals surface area contributed by atoms with Gasteiger partial charge in [-0.05, 0) is 43.4 Å². The van der Waals surface area contributed by atoms with E-state index in [2.05, 4.69) is 0 Å². The van der Waals surface area contributed by atoms with Crippen LogP contribution < -0.4 is 4.74 Å².